The number of amides is 1. The zero-order chi connectivity index (χ0) is 15.5. The second kappa shape index (κ2) is 6.33. The topological polar surface area (TPSA) is 20.3 Å². The van der Waals surface area contributed by atoms with Gasteiger partial charge in [0.15, 0.2) is 0 Å². The van der Waals surface area contributed by atoms with Gasteiger partial charge in [0.05, 0.1) is 5.56 Å². The van der Waals surface area contributed by atoms with Crippen molar-refractivity contribution in [1.29, 1.82) is 0 Å². The molecule has 0 aliphatic heterocycles. The van der Waals surface area contributed by atoms with Crippen molar-refractivity contribution in [2.75, 3.05) is 7.05 Å². The highest BCUT2D eigenvalue weighted by Crippen LogP contribution is 2.32. The van der Waals surface area contributed by atoms with E-state index in [1.165, 1.54) is 17.0 Å². The molecule has 0 saturated heterocycles. The molecular formula is C16H18F3NO. The summed E-state index contributed by atoms with van der Waals surface area (Å²) < 4.78 is 38.8. The number of rotatable bonds is 3. The van der Waals surface area contributed by atoms with Crippen LogP contribution in [0.4, 0.5) is 13.2 Å². The van der Waals surface area contributed by atoms with Gasteiger partial charge in [0.2, 0.25) is 5.91 Å². The van der Waals surface area contributed by atoms with Crippen LogP contribution in [0.2, 0.25) is 0 Å². The van der Waals surface area contributed by atoms with Crippen molar-refractivity contribution in [2.45, 2.75) is 32.0 Å². The Balaban J connectivity index is 2.11. The van der Waals surface area contributed by atoms with Crippen LogP contribution in [0.15, 0.2) is 36.4 Å². The molecule has 0 spiro atoms. The van der Waals surface area contributed by atoms with E-state index in [0.29, 0.717) is 6.42 Å². The molecule has 2 rings (SSSR count). The van der Waals surface area contributed by atoms with Gasteiger partial charge in [-0.25, -0.2) is 0 Å². The molecule has 0 radical (unpaired) electrons. The highest BCUT2D eigenvalue weighted by atomic mass is 19.4. The Kier molecular flexibility index (Phi) is 4.70. The molecule has 0 saturated carbocycles. The first-order valence-electron chi connectivity index (χ1n) is 6.94. The standard InChI is InChI=1S/C16H18F3NO/c1-20(15(21)12-7-3-2-4-8-12)11-13-9-5-6-10-14(13)16(17,18)19/h2-3,5-6,9-10,12H,4,7-8,11H2,1H3. The summed E-state index contributed by atoms with van der Waals surface area (Å²) in [6.45, 7) is -0.0191. The minimum absolute atomic E-state index is 0.0191. The van der Waals surface area contributed by atoms with Crippen LogP contribution < -0.4 is 0 Å². The van der Waals surface area contributed by atoms with Gasteiger partial charge in [0.25, 0.3) is 0 Å². The van der Waals surface area contributed by atoms with Crippen molar-refractivity contribution < 1.29 is 18.0 Å². The number of alkyl halides is 3. The summed E-state index contributed by atoms with van der Waals surface area (Å²) in [5, 5.41) is 0. The zero-order valence-electron chi connectivity index (χ0n) is 11.9. The number of hydrogen-bond donors (Lipinski definition) is 0. The summed E-state index contributed by atoms with van der Waals surface area (Å²) in [5.74, 6) is -0.200. The molecule has 1 aliphatic rings. The molecule has 1 aromatic rings. The van der Waals surface area contributed by atoms with Gasteiger partial charge < -0.3 is 4.90 Å². The Bertz CT molecular complexity index is 537. The summed E-state index contributed by atoms with van der Waals surface area (Å²) in [5.41, 5.74) is -0.541. The van der Waals surface area contributed by atoms with Gasteiger partial charge in [0.1, 0.15) is 0 Å². The van der Waals surface area contributed by atoms with Gasteiger partial charge in [-0.05, 0) is 30.9 Å². The number of carbonyl (C=O) groups is 1. The Hall–Kier alpha value is -1.78. The number of hydrogen-bond acceptors (Lipinski definition) is 1. The fraction of sp³-hybridized carbons (Fsp3) is 0.438. The minimum Gasteiger partial charge on any atom is -0.341 e. The van der Waals surface area contributed by atoms with Crippen molar-refractivity contribution in [3.8, 4) is 0 Å². The maximum atomic E-state index is 12.9. The number of allylic oxidation sites excluding steroid dienone is 2. The monoisotopic (exact) mass is 297 g/mol. The van der Waals surface area contributed by atoms with Gasteiger partial charge >= 0.3 is 6.18 Å². The maximum Gasteiger partial charge on any atom is 0.416 e. The molecule has 21 heavy (non-hydrogen) atoms. The van der Waals surface area contributed by atoms with Gasteiger partial charge in [-0.15, -0.1) is 0 Å². The third-order valence-corrected chi connectivity index (χ3v) is 3.72. The first-order chi connectivity index (χ1) is 9.89. The number of carbonyl (C=O) groups excluding carboxylic acids is 1. The highest BCUT2D eigenvalue weighted by molar-refractivity contribution is 5.79. The Morgan fingerprint density at radius 2 is 2.00 bits per heavy atom. The van der Waals surface area contributed by atoms with Crippen molar-refractivity contribution >= 4 is 5.91 Å². The normalized spacial score (nSPS) is 18.6. The summed E-state index contributed by atoms with van der Waals surface area (Å²) in [6.07, 6.45) is 1.88. The van der Waals surface area contributed by atoms with Gasteiger partial charge in [-0.2, -0.15) is 13.2 Å². The Morgan fingerprint density at radius 1 is 1.29 bits per heavy atom. The van der Waals surface area contributed by atoms with E-state index < -0.39 is 11.7 Å². The van der Waals surface area contributed by atoms with Crippen LogP contribution in [0, 0.1) is 5.92 Å². The summed E-state index contributed by atoms with van der Waals surface area (Å²) >= 11 is 0. The average molecular weight is 297 g/mol. The lowest BCUT2D eigenvalue weighted by Gasteiger charge is -2.25. The van der Waals surface area contributed by atoms with E-state index in [1.54, 1.807) is 13.1 Å². The smallest absolute Gasteiger partial charge is 0.341 e. The third kappa shape index (κ3) is 3.86. The Labute approximate surface area is 122 Å². The zero-order valence-corrected chi connectivity index (χ0v) is 11.9. The summed E-state index contributed by atoms with van der Waals surface area (Å²) in [6, 6.07) is 5.40. The summed E-state index contributed by atoms with van der Waals surface area (Å²) in [7, 11) is 1.56. The molecule has 2 nitrogen and oxygen atoms in total. The van der Waals surface area contributed by atoms with Crippen LogP contribution in [0.1, 0.15) is 30.4 Å². The van der Waals surface area contributed by atoms with Crippen molar-refractivity contribution in [2.24, 2.45) is 5.92 Å². The van der Waals surface area contributed by atoms with Crippen molar-refractivity contribution in [3.05, 3.63) is 47.5 Å². The van der Waals surface area contributed by atoms with Crippen LogP contribution in [-0.4, -0.2) is 17.9 Å². The SMILES string of the molecule is CN(Cc1ccccc1C(F)(F)F)C(=O)C1CC=CCC1. The second-order valence-electron chi connectivity index (χ2n) is 5.33. The molecule has 1 aliphatic carbocycles. The fourth-order valence-electron chi connectivity index (χ4n) is 2.60. The van der Waals surface area contributed by atoms with E-state index in [4.69, 9.17) is 0 Å². The van der Waals surface area contributed by atoms with Gasteiger partial charge in [-0.1, -0.05) is 30.4 Å². The van der Waals surface area contributed by atoms with Gasteiger partial charge in [0, 0.05) is 19.5 Å². The van der Waals surface area contributed by atoms with Crippen molar-refractivity contribution in [1.82, 2.24) is 4.90 Å². The molecule has 0 fully saturated rings. The van der Waals surface area contributed by atoms with E-state index in [-0.39, 0.29) is 23.9 Å². The molecule has 1 atom stereocenters. The lowest BCUT2D eigenvalue weighted by atomic mass is 9.93. The van der Waals surface area contributed by atoms with Crippen LogP contribution in [0.5, 0.6) is 0 Å². The molecule has 0 heterocycles. The maximum absolute atomic E-state index is 12.9. The van der Waals surface area contributed by atoms with Crippen LogP contribution >= 0.6 is 0 Å². The van der Waals surface area contributed by atoms with E-state index >= 15 is 0 Å². The fourth-order valence-corrected chi connectivity index (χ4v) is 2.60. The molecule has 5 heteroatoms. The molecule has 1 amide bonds. The molecule has 0 aromatic heterocycles. The largest absolute Gasteiger partial charge is 0.416 e. The molecule has 1 unspecified atom stereocenters. The van der Waals surface area contributed by atoms with E-state index in [0.717, 1.165) is 18.9 Å². The quantitative estimate of drug-likeness (QED) is 0.772. The molecular weight excluding hydrogens is 279 g/mol. The lowest BCUT2D eigenvalue weighted by molar-refractivity contribution is -0.140. The molecule has 1 aromatic carbocycles. The average Bonchev–Trinajstić information content (AvgIpc) is 2.47. The van der Waals surface area contributed by atoms with Crippen LogP contribution in [0.3, 0.4) is 0 Å². The van der Waals surface area contributed by atoms with Crippen LogP contribution in [-0.2, 0) is 17.5 Å². The Morgan fingerprint density at radius 3 is 2.62 bits per heavy atom. The van der Waals surface area contributed by atoms with Crippen LogP contribution in [0.25, 0.3) is 0 Å². The number of nitrogens with zero attached hydrogens (tertiary/aromatic N) is 1. The highest BCUT2D eigenvalue weighted by Gasteiger charge is 2.33. The summed E-state index contributed by atoms with van der Waals surface area (Å²) in [4.78, 5) is 13.7. The second-order valence-corrected chi connectivity index (χ2v) is 5.33. The van der Waals surface area contributed by atoms with E-state index in [9.17, 15) is 18.0 Å². The first-order valence-corrected chi connectivity index (χ1v) is 6.94. The predicted octanol–water partition coefficient (Wildman–Crippen LogP) is 4.02. The number of benzene rings is 1. The predicted molar refractivity (Wildman–Crippen MR) is 74.4 cm³/mol. The van der Waals surface area contributed by atoms with Crippen molar-refractivity contribution in [3.63, 3.8) is 0 Å². The third-order valence-electron chi connectivity index (χ3n) is 3.72. The molecule has 0 N–H and O–H groups in total. The lowest BCUT2D eigenvalue weighted by Crippen LogP contribution is -2.33. The molecule has 114 valence electrons. The first kappa shape index (κ1) is 15.6. The minimum atomic E-state index is -4.39. The van der Waals surface area contributed by atoms with E-state index in [2.05, 4.69) is 0 Å². The van der Waals surface area contributed by atoms with Gasteiger partial charge in [-0.3, -0.25) is 4.79 Å². The van der Waals surface area contributed by atoms with E-state index in [1.807, 2.05) is 12.2 Å². The number of halogens is 3. The molecule has 0 bridgehead atoms.